The second kappa shape index (κ2) is 12.1. The van der Waals surface area contributed by atoms with Crippen LogP contribution in [-0.4, -0.2) is 46.1 Å². The van der Waals surface area contributed by atoms with E-state index in [1.165, 1.54) is 12.0 Å². The molecule has 7 heteroatoms. The lowest BCUT2D eigenvalue weighted by Gasteiger charge is -2.14. The van der Waals surface area contributed by atoms with E-state index in [1.807, 2.05) is 54.6 Å². The molecule has 1 N–H and O–H groups in total. The summed E-state index contributed by atoms with van der Waals surface area (Å²) in [5.41, 5.74) is 5.10. The first-order valence-electron chi connectivity index (χ1n) is 12.6. The van der Waals surface area contributed by atoms with Gasteiger partial charge in [0.25, 0.3) is 5.91 Å². The van der Waals surface area contributed by atoms with Crippen LogP contribution in [0, 0.1) is 5.41 Å². The van der Waals surface area contributed by atoms with E-state index >= 15 is 0 Å². The molecule has 0 aromatic heterocycles. The van der Waals surface area contributed by atoms with Crippen molar-refractivity contribution in [3.63, 3.8) is 0 Å². The van der Waals surface area contributed by atoms with E-state index in [2.05, 4.69) is 0 Å². The molecule has 0 saturated heterocycles. The summed E-state index contributed by atoms with van der Waals surface area (Å²) in [7, 11) is 1.05. The monoisotopic (exact) mass is 540 g/mol. The number of methoxy groups -OCH3 is 1. The van der Waals surface area contributed by atoms with Crippen molar-refractivity contribution in [3.8, 4) is 16.9 Å². The number of nitrogens with zero attached hydrogens (tertiary/aromatic N) is 1. The Morgan fingerprint density at radius 3 is 2.13 bits per heavy atom. The molecule has 39 heavy (non-hydrogen) atoms. The maximum atomic E-state index is 13.6. The quantitative estimate of drug-likeness (QED) is 0.256. The zero-order chi connectivity index (χ0) is 28.0. The predicted octanol–water partition coefficient (Wildman–Crippen LogP) is 5.84. The van der Waals surface area contributed by atoms with E-state index in [0.29, 0.717) is 35.2 Å². The van der Waals surface area contributed by atoms with Crippen molar-refractivity contribution >= 4 is 21.5 Å². The normalized spacial score (nSPS) is 11.2. The fourth-order valence-corrected chi connectivity index (χ4v) is 6.01. The van der Waals surface area contributed by atoms with Crippen LogP contribution in [0.5, 0.6) is 5.75 Å². The summed E-state index contributed by atoms with van der Waals surface area (Å²) in [4.78, 5) is 14.0. The van der Waals surface area contributed by atoms with E-state index < -0.39 is 9.84 Å². The van der Waals surface area contributed by atoms with Gasteiger partial charge in [0.2, 0.25) is 0 Å². The number of hydrogen-bond acceptors (Lipinski definition) is 5. The van der Waals surface area contributed by atoms with Crippen LogP contribution < -0.4 is 4.74 Å². The first-order chi connectivity index (χ1) is 18.7. The summed E-state index contributed by atoms with van der Waals surface area (Å²) >= 11 is 0. The zero-order valence-corrected chi connectivity index (χ0v) is 23.2. The SMILES string of the molecule is COc1ccc(-c2cccc(C(=O)N(C)C)c2)cc1S(=O)(=O)Cc1cccc(CC(=N)Cc2ccccc2)c1. The molecule has 200 valence electrons. The predicted molar refractivity (Wildman–Crippen MR) is 155 cm³/mol. The van der Waals surface area contributed by atoms with Crippen LogP contribution in [-0.2, 0) is 28.4 Å². The number of sulfone groups is 1. The Bertz CT molecular complexity index is 1600. The largest absolute Gasteiger partial charge is 0.495 e. The molecule has 0 fully saturated rings. The number of benzene rings is 4. The van der Waals surface area contributed by atoms with Crippen molar-refractivity contribution < 1.29 is 17.9 Å². The van der Waals surface area contributed by atoms with Crippen LogP contribution in [0.4, 0.5) is 0 Å². The Morgan fingerprint density at radius 2 is 1.41 bits per heavy atom. The molecular formula is C32H32N2O4S. The Labute approximate surface area is 230 Å². The topological polar surface area (TPSA) is 87.5 Å². The third-order valence-corrected chi connectivity index (χ3v) is 8.08. The molecule has 4 aromatic rings. The van der Waals surface area contributed by atoms with E-state index in [-0.39, 0.29) is 22.3 Å². The standard InChI is InChI=1S/C32H32N2O4S/c1-34(2)32(35)28-14-8-13-26(20-28)27-15-16-30(38-3)31(21-27)39(36,37)22-25-12-7-11-24(17-25)19-29(33)18-23-9-5-4-6-10-23/h4-17,20-21,33H,18-19,22H2,1-3H3. The van der Waals surface area contributed by atoms with Crippen molar-refractivity contribution in [2.24, 2.45) is 0 Å². The summed E-state index contributed by atoms with van der Waals surface area (Å²) in [5.74, 6) is -0.0683. The fraction of sp³-hybridized carbons (Fsp3) is 0.188. The maximum absolute atomic E-state index is 13.6. The highest BCUT2D eigenvalue weighted by molar-refractivity contribution is 7.90. The van der Waals surface area contributed by atoms with Crippen LogP contribution in [0.2, 0.25) is 0 Å². The summed E-state index contributed by atoms with van der Waals surface area (Å²) in [5, 5.41) is 8.41. The van der Waals surface area contributed by atoms with E-state index in [9.17, 15) is 13.2 Å². The molecule has 1 amide bonds. The van der Waals surface area contributed by atoms with Crippen LogP contribution in [0.25, 0.3) is 11.1 Å². The van der Waals surface area contributed by atoms with Gasteiger partial charge >= 0.3 is 0 Å². The van der Waals surface area contributed by atoms with Crippen molar-refractivity contribution in [2.75, 3.05) is 21.2 Å². The minimum Gasteiger partial charge on any atom is -0.495 e. The minimum atomic E-state index is -3.77. The molecule has 0 aliphatic heterocycles. The Kier molecular flexibility index (Phi) is 8.62. The molecule has 0 bridgehead atoms. The van der Waals surface area contributed by atoms with Crippen molar-refractivity contribution in [3.05, 3.63) is 119 Å². The molecule has 0 heterocycles. The van der Waals surface area contributed by atoms with Gasteiger partial charge in [-0.1, -0.05) is 72.8 Å². The van der Waals surface area contributed by atoms with E-state index in [1.54, 1.807) is 56.6 Å². The van der Waals surface area contributed by atoms with Crippen molar-refractivity contribution in [2.45, 2.75) is 23.5 Å². The Balaban J connectivity index is 1.58. The van der Waals surface area contributed by atoms with Crippen LogP contribution >= 0.6 is 0 Å². The third-order valence-electron chi connectivity index (χ3n) is 6.37. The molecule has 4 rings (SSSR count). The Morgan fingerprint density at radius 1 is 0.769 bits per heavy atom. The minimum absolute atomic E-state index is 0.0917. The van der Waals surface area contributed by atoms with E-state index in [0.717, 1.165) is 16.7 Å². The summed E-state index contributed by atoms with van der Waals surface area (Å²) < 4.78 is 32.7. The molecule has 6 nitrogen and oxygen atoms in total. The van der Waals surface area contributed by atoms with Gasteiger partial charge in [-0.3, -0.25) is 4.79 Å². The summed E-state index contributed by atoms with van der Waals surface area (Å²) in [6.45, 7) is 0. The molecule has 0 unspecified atom stereocenters. The van der Waals surface area contributed by atoms with Gasteiger partial charge in [0, 0.05) is 38.2 Å². The maximum Gasteiger partial charge on any atom is 0.253 e. The lowest BCUT2D eigenvalue weighted by molar-refractivity contribution is 0.0827. The number of carbonyl (C=O) groups is 1. The smallest absolute Gasteiger partial charge is 0.253 e. The van der Waals surface area contributed by atoms with Crippen LogP contribution in [0.3, 0.4) is 0 Å². The number of hydrogen-bond donors (Lipinski definition) is 1. The number of ether oxygens (including phenoxy) is 1. The third kappa shape index (κ3) is 7.00. The van der Waals surface area contributed by atoms with Crippen LogP contribution in [0.15, 0.2) is 102 Å². The second-order valence-electron chi connectivity index (χ2n) is 9.67. The lowest BCUT2D eigenvalue weighted by atomic mass is 10.0. The van der Waals surface area contributed by atoms with Gasteiger partial charge in [0.15, 0.2) is 9.84 Å². The second-order valence-corrected chi connectivity index (χ2v) is 11.6. The molecule has 0 spiro atoms. The average molecular weight is 541 g/mol. The molecular weight excluding hydrogens is 508 g/mol. The van der Waals surface area contributed by atoms with Gasteiger partial charge in [-0.15, -0.1) is 0 Å². The van der Waals surface area contributed by atoms with Gasteiger partial charge in [-0.05, 0) is 52.1 Å². The Hall–Kier alpha value is -4.23. The highest BCUT2D eigenvalue weighted by Gasteiger charge is 2.22. The lowest BCUT2D eigenvalue weighted by Crippen LogP contribution is -2.21. The number of amides is 1. The van der Waals surface area contributed by atoms with Gasteiger partial charge in [-0.25, -0.2) is 8.42 Å². The van der Waals surface area contributed by atoms with E-state index in [4.69, 9.17) is 10.1 Å². The number of nitrogens with one attached hydrogen (secondary N) is 1. The first kappa shape index (κ1) is 27.8. The fourth-order valence-electron chi connectivity index (χ4n) is 4.47. The van der Waals surface area contributed by atoms with Crippen LogP contribution in [0.1, 0.15) is 27.0 Å². The van der Waals surface area contributed by atoms with Crippen molar-refractivity contribution in [1.29, 1.82) is 5.41 Å². The van der Waals surface area contributed by atoms with Gasteiger partial charge in [0.1, 0.15) is 10.6 Å². The molecule has 0 radical (unpaired) electrons. The highest BCUT2D eigenvalue weighted by Crippen LogP contribution is 2.32. The van der Waals surface area contributed by atoms with Gasteiger partial charge in [0.05, 0.1) is 12.9 Å². The number of carbonyl (C=O) groups excluding carboxylic acids is 1. The average Bonchev–Trinajstić information content (AvgIpc) is 2.92. The van der Waals surface area contributed by atoms with Crippen molar-refractivity contribution in [1.82, 2.24) is 4.90 Å². The van der Waals surface area contributed by atoms with Gasteiger partial charge in [-0.2, -0.15) is 0 Å². The molecule has 4 aromatic carbocycles. The summed E-state index contributed by atoms with van der Waals surface area (Å²) in [6.07, 6.45) is 0.998. The molecule has 0 atom stereocenters. The molecule has 0 saturated carbocycles. The highest BCUT2D eigenvalue weighted by atomic mass is 32.2. The first-order valence-corrected chi connectivity index (χ1v) is 14.2. The molecule has 0 aliphatic rings. The molecule has 0 aliphatic carbocycles. The summed E-state index contributed by atoms with van der Waals surface area (Å²) in [6, 6.07) is 29.4. The zero-order valence-electron chi connectivity index (χ0n) is 22.3. The number of rotatable bonds is 10. The van der Waals surface area contributed by atoms with Gasteiger partial charge < -0.3 is 15.0 Å².